The van der Waals surface area contributed by atoms with Gasteiger partial charge in [-0.05, 0) is 18.1 Å². The highest BCUT2D eigenvalue weighted by Crippen LogP contribution is 2.41. The highest BCUT2D eigenvalue weighted by atomic mass is 19.4. The van der Waals surface area contributed by atoms with Crippen LogP contribution in [0.3, 0.4) is 0 Å². The average molecular weight is 295 g/mol. The predicted molar refractivity (Wildman–Crippen MR) is 70.9 cm³/mol. The summed E-state index contributed by atoms with van der Waals surface area (Å²) in [6.07, 6.45) is -3.66. The summed E-state index contributed by atoms with van der Waals surface area (Å²) in [6.45, 7) is 2.14. The number of hydrogen-bond acceptors (Lipinski definition) is 3. The van der Waals surface area contributed by atoms with Gasteiger partial charge in [-0.2, -0.15) is 18.3 Å². The van der Waals surface area contributed by atoms with Crippen molar-refractivity contribution in [3.05, 3.63) is 57.5 Å². The van der Waals surface area contributed by atoms with E-state index in [-0.39, 0.29) is 11.7 Å². The summed E-state index contributed by atoms with van der Waals surface area (Å²) >= 11 is 0. The SMILES string of the molecule is C[C@@H]1c2ccccc2CN1c1cn[nH]c(=O)c1C(F)(F)F. The van der Waals surface area contributed by atoms with Gasteiger partial charge in [0.25, 0.3) is 5.56 Å². The minimum atomic E-state index is -4.72. The zero-order chi connectivity index (χ0) is 15.2. The van der Waals surface area contributed by atoms with Crippen molar-refractivity contribution in [3.63, 3.8) is 0 Å². The van der Waals surface area contributed by atoms with Crippen LogP contribution in [0, 0.1) is 0 Å². The molecule has 0 aliphatic carbocycles. The van der Waals surface area contributed by atoms with E-state index in [2.05, 4.69) is 5.10 Å². The molecule has 110 valence electrons. The quantitative estimate of drug-likeness (QED) is 0.880. The second-order valence-corrected chi connectivity index (χ2v) is 4.96. The van der Waals surface area contributed by atoms with E-state index in [4.69, 9.17) is 0 Å². The molecule has 1 aromatic heterocycles. The standard InChI is InChI=1S/C14H12F3N3O/c1-8-10-5-3-2-4-9(10)7-20(8)11-6-18-19-13(21)12(11)14(15,16)17/h2-6,8H,7H2,1H3,(H,19,21)/t8-/m1/s1. The summed E-state index contributed by atoms with van der Waals surface area (Å²) in [6, 6.07) is 7.20. The second-order valence-electron chi connectivity index (χ2n) is 4.96. The number of anilines is 1. The molecular weight excluding hydrogens is 283 g/mol. The first kappa shape index (κ1) is 13.7. The lowest BCUT2D eigenvalue weighted by Gasteiger charge is -2.26. The number of fused-ring (bicyclic) bond motifs is 1. The number of H-pyrrole nitrogens is 1. The topological polar surface area (TPSA) is 49.0 Å². The van der Waals surface area contributed by atoms with E-state index in [0.717, 1.165) is 17.3 Å². The molecule has 0 spiro atoms. The lowest BCUT2D eigenvalue weighted by Crippen LogP contribution is -2.30. The molecule has 0 saturated heterocycles. The Balaban J connectivity index is 2.12. The van der Waals surface area contributed by atoms with Crippen LogP contribution in [0.5, 0.6) is 0 Å². The van der Waals surface area contributed by atoms with Crippen molar-refractivity contribution in [2.45, 2.75) is 25.7 Å². The number of nitrogens with one attached hydrogen (secondary N) is 1. The molecule has 2 aromatic rings. The number of benzene rings is 1. The van der Waals surface area contributed by atoms with Crippen molar-refractivity contribution >= 4 is 5.69 Å². The number of hydrogen-bond donors (Lipinski definition) is 1. The van der Waals surface area contributed by atoms with Crippen LogP contribution in [0.15, 0.2) is 35.3 Å². The number of halogens is 3. The van der Waals surface area contributed by atoms with Crippen LogP contribution in [0.4, 0.5) is 18.9 Å². The summed E-state index contributed by atoms with van der Waals surface area (Å²) in [5.74, 6) is 0. The van der Waals surface area contributed by atoms with Crippen LogP contribution in [-0.4, -0.2) is 10.2 Å². The fourth-order valence-electron chi connectivity index (χ4n) is 2.75. The van der Waals surface area contributed by atoms with Gasteiger partial charge >= 0.3 is 6.18 Å². The molecule has 1 N–H and O–H groups in total. The number of alkyl halides is 3. The van der Waals surface area contributed by atoms with Gasteiger partial charge in [0.05, 0.1) is 17.9 Å². The van der Waals surface area contributed by atoms with E-state index >= 15 is 0 Å². The third-order valence-corrected chi connectivity index (χ3v) is 3.74. The number of rotatable bonds is 1. The van der Waals surface area contributed by atoms with Crippen molar-refractivity contribution in [1.29, 1.82) is 0 Å². The Hall–Kier alpha value is -2.31. The molecule has 0 amide bonds. The van der Waals surface area contributed by atoms with Gasteiger partial charge in [0.15, 0.2) is 0 Å². The maximum Gasteiger partial charge on any atom is 0.423 e. The largest absolute Gasteiger partial charge is 0.423 e. The number of aromatic amines is 1. The Morgan fingerprint density at radius 1 is 1.33 bits per heavy atom. The molecule has 0 unspecified atom stereocenters. The monoisotopic (exact) mass is 295 g/mol. The number of nitrogens with zero attached hydrogens (tertiary/aromatic N) is 2. The first-order chi connectivity index (χ1) is 9.89. The smallest absolute Gasteiger partial charge is 0.358 e. The van der Waals surface area contributed by atoms with Gasteiger partial charge in [0, 0.05) is 6.54 Å². The number of aromatic nitrogens is 2. The Morgan fingerprint density at radius 3 is 2.71 bits per heavy atom. The molecule has 0 radical (unpaired) electrons. The third-order valence-electron chi connectivity index (χ3n) is 3.74. The zero-order valence-corrected chi connectivity index (χ0v) is 11.1. The molecule has 4 nitrogen and oxygen atoms in total. The summed E-state index contributed by atoms with van der Waals surface area (Å²) in [7, 11) is 0. The van der Waals surface area contributed by atoms with Crippen molar-refractivity contribution in [1.82, 2.24) is 10.2 Å². The lowest BCUT2D eigenvalue weighted by molar-refractivity contribution is -0.138. The maximum absolute atomic E-state index is 13.1. The van der Waals surface area contributed by atoms with Gasteiger partial charge in [-0.1, -0.05) is 24.3 Å². The third kappa shape index (κ3) is 2.18. The lowest BCUT2D eigenvalue weighted by atomic mass is 10.1. The molecule has 1 atom stereocenters. The van der Waals surface area contributed by atoms with Crippen molar-refractivity contribution in [3.8, 4) is 0 Å². The van der Waals surface area contributed by atoms with Crippen molar-refractivity contribution in [2.24, 2.45) is 0 Å². The van der Waals surface area contributed by atoms with Crippen LogP contribution in [0.2, 0.25) is 0 Å². The predicted octanol–water partition coefficient (Wildman–Crippen LogP) is 2.87. The molecule has 0 bridgehead atoms. The van der Waals surface area contributed by atoms with Crippen LogP contribution in [-0.2, 0) is 12.7 Å². The molecule has 1 aromatic carbocycles. The fraction of sp³-hybridized carbons (Fsp3) is 0.286. The Bertz CT molecular complexity index is 739. The van der Waals surface area contributed by atoms with E-state index in [0.29, 0.717) is 6.54 Å². The van der Waals surface area contributed by atoms with Gasteiger partial charge in [0.1, 0.15) is 5.56 Å². The van der Waals surface area contributed by atoms with Gasteiger partial charge < -0.3 is 4.90 Å². The second kappa shape index (κ2) is 4.61. The highest BCUT2D eigenvalue weighted by Gasteiger charge is 2.40. The molecule has 7 heteroatoms. The fourth-order valence-corrected chi connectivity index (χ4v) is 2.75. The van der Waals surface area contributed by atoms with E-state index < -0.39 is 17.3 Å². The van der Waals surface area contributed by atoms with Crippen LogP contribution in [0.1, 0.15) is 29.7 Å². The van der Waals surface area contributed by atoms with Gasteiger partial charge in [-0.25, -0.2) is 5.10 Å². The zero-order valence-electron chi connectivity index (χ0n) is 11.1. The normalized spacial score (nSPS) is 17.9. The summed E-state index contributed by atoms with van der Waals surface area (Å²) < 4.78 is 39.4. The first-order valence-electron chi connectivity index (χ1n) is 6.39. The molecule has 0 fully saturated rings. The highest BCUT2D eigenvalue weighted by molar-refractivity contribution is 5.58. The van der Waals surface area contributed by atoms with E-state index in [1.807, 2.05) is 36.3 Å². The molecule has 1 aliphatic heterocycles. The van der Waals surface area contributed by atoms with Crippen molar-refractivity contribution < 1.29 is 13.2 Å². The first-order valence-corrected chi connectivity index (χ1v) is 6.39. The Labute approximate surface area is 118 Å². The summed E-state index contributed by atoms with van der Waals surface area (Å²) in [5.41, 5.74) is -0.681. The average Bonchev–Trinajstić information content (AvgIpc) is 2.75. The minimum Gasteiger partial charge on any atom is -0.358 e. The Kier molecular flexibility index (Phi) is 3.00. The van der Waals surface area contributed by atoms with Crippen LogP contribution in [0.25, 0.3) is 0 Å². The minimum absolute atomic E-state index is 0.185. The summed E-state index contributed by atoms with van der Waals surface area (Å²) in [5, 5.41) is 5.38. The van der Waals surface area contributed by atoms with Crippen molar-refractivity contribution in [2.75, 3.05) is 4.90 Å². The summed E-state index contributed by atoms with van der Waals surface area (Å²) in [4.78, 5) is 13.1. The van der Waals surface area contributed by atoms with E-state index in [9.17, 15) is 18.0 Å². The molecule has 3 rings (SSSR count). The molecule has 1 aliphatic rings. The molecule has 21 heavy (non-hydrogen) atoms. The van der Waals surface area contributed by atoms with Gasteiger partial charge in [-0.3, -0.25) is 4.79 Å². The molecule has 0 saturated carbocycles. The maximum atomic E-state index is 13.1. The van der Waals surface area contributed by atoms with Gasteiger partial charge in [0.2, 0.25) is 0 Å². The van der Waals surface area contributed by atoms with Crippen LogP contribution < -0.4 is 10.5 Å². The molecular formula is C14H12F3N3O. The molecule has 2 heterocycles. The Morgan fingerprint density at radius 2 is 2.05 bits per heavy atom. The van der Waals surface area contributed by atoms with E-state index in [1.165, 1.54) is 0 Å². The van der Waals surface area contributed by atoms with E-state index in [1.54, 1.807) is 4.90 Å². The van der Waals surface area contributed by atoms with Gasteiger partial charge in [-0.15, -0.1) is 0 Å². The van der Waals surface area contributed by atoms with Crippen LogP contribution >= 0.6 is 0 Å².